The Morgan fingerprint density at radius 2 is 1.94 bits per heavy atom. The van der Waals surface area contributed by atoms with Crippen LogP contribution in [0.25, 0.3) is 32.9 Å². The Hall–Kier alpha value is -4.46. The number of rotatable bonds is 10. The third kappa shape index (κ3) is 6.54. The van der Waals surface area contributed by atoms with E-state index in [2.05, 4.69) is 20.8 Å². The molecule has 15 heteroatoms. The molecule has 3 fully saturated rings. The van der Waals surface area contributed by atoms with Crippen LogP contribution in [0.2, 0.25) is 0 Å². The number of aliphatic hydroxyl groups is 2. The number of anilines is 1. The van der Waals surface area contributed by atoms with E-state index in [1.54, 1.807) is 17.9 Å². The zero-order valence-corrected chi connectivity index (χ0v) is 29.1. The van der Waals surface area contributed by atoms with E-state index in [0.29, 0.717) is 11.9 Å². The molecule has 0 aliphatic carbocycles. The molecule has 52 heavy (non-hydrogen) atoms. The number of methoxy groups -OCH3 is 2. The Morgan fingerprint density at radius 3 is 2.69 bits per heavy atom. The summed E-state index contributed by atoms with van der Waals surface area (Å²) < 4.78 is 75.7. The molecule has 0 radical (unpaired) electrons. The first-order chi connectivity index (χ1) is 25.0. The minimum atomic E-state index is -1.40. The highest BCUT2D eigenvalue weighted by Gasteiger charge is 2.49. The molecular weight excluding hydrogens is 683 g/mol. The summed E-state index contributed by atoms with van der Waals surface area (Å²) in [5, 5.41) is 22.0. The Morgan fingerprint density at radius 1 is 1.12 bits per heavy atom. The molecule has 3 aliphatic heterocycles. The van der Waals surface area contributed by atoms with Crippen LogP contribution in [0, 0.1) is 24.0 Å². The summed E-state index contributed by atoms with van der Waals surface area (Å²) in [6.07, 6.45) is 5.94. The number of hydrogen-bond acceptors (Lipinski definition) is 12. The molecule has 3 aliphatic rings. The third-order valence-corrected chi connectivity index (χ3v) is 10.0. The fourth-order valence-electron chi connectivity index (χ4n) is 7.71. The van der Waals surface area contributed by atoms with E-state index in [0.717, 1.165) is 19.4 Å². The number of hydrogen-bond donors (Lipinski definition) is 2. The highest BCUT2D eigenvalue weighted by atomic mass is 19.1. The van der Waals surface area contributed by atoms with Gasteiger partial charge in [-0.25, -0.2) is 18.2 Å². The monoisotopic (exact) mass is 723 g/mol. The number of nitrogens with zero attached hydrogens (tertiary/aromatic N) is 5. The number of pyridine rings is 1. The zero-order chi connectivity index (χ0) is 36.8. The van der Waals surface area contributed by atoms with E-state index in [4.69, 9.17) is 35.1 Å². The van der Waals surface area contributed by atoms with Gasteiger partial charge in [0.25, 0.3) is 0 Å². The lowest BCUT2D eigenvalue weighted by atomic mass is 9.95. The second-order valence-corrected chi connectivity index (χ2v) is 13.9. The van der Waals surface area contributed by atoms with Crippen LogP contribution in [0.15, 0.2) is 24.3 Å². The van der Waals surface area contributed by atoms with Gasteiger partial charge in [-0.3, -0.25) is 4.90 Å². The maximum atomic E-state index is 17.4. The van der Waals surface area contributed by atoms with Crippen LogP contribution in [0.1, 0.15) is 31.7 Å². The van der Waals surface area contributed by atoms with Crippen LogP contribution in [0.4, 0.5) is 19.0 Å². The first-order valence-electron chi connectivity index (χ1n) is 17.0. The van der Waals surface area contributed by atoms with Crippen molar-refractivity contribution in [1.29, 1.82) is 0 Å². The topological polar surface area (TPSA) is 132 Å². The number of β-amino-alcohol motifs (C(OH)–C–C–N with tert-alkyl or cyclic N) is 1. The molecule has 12 nitrogen and oxygen atoms in total. The Labute approximate surface area is 298 Å². The van der Waals surface area contributed by atoms with Crippen molar-refractivity contribution in [3.8, 4) is 41.2 Å². The minimum Gasteiger partial charge on any atom is -0.480 e. The molecule has 7 rings (SSSR count). The van der Waals surface area contributed by atoms with Gasteiger partial charge in [-0.1, -0.05) is 12.0 Å². The zero-order valence-electron chi connectivity index (χ0n) is 29.1. The van der Waals surface area contributed by atoms with E-state index >= 15 is 8.78 Å². The van der Waals surface area contributed by atoms with E-state index in [1.807, 2.05) is 0 Å². The molecule has 5 heterocycles. The predicted octanol–water partition coefficient (Wildman–Crippen LogP) is 4.00. The van der Waals surface area contributed by atoms with Gasteiger partial charge in [-0.2, -0.15) is 9.97 Å². The SMILES string of the molecule is C#Cc1c(F)ccc2cc(OCOC)cc(-c3nc(OC)c4c(N5C[C@H](CO)OC[C@@](C)(O)C5)nc(OC[C@@]56CCCN5C[C@H](F)C6)nc4c3F)c12. The maximum absolute atomic E-state index is 17.4. The molecule has 4 aromatic rings. The lowest BCUT2D eigenvalue weighted by Gasteiger charge is -2.32. The fourth-order valence-corrected chi connectivity index (χ4v) is 7.71. The maximum Gasteiger partial charge on any atom is 0.319 e. The predicted molar refractivity (Wildman–Crippen MR) is 185 cm³/mol. The van der Waals surface area contributed by atoms with Crippen molar-refractivity contribution in [3.63, 3.8) is 0 Å². The van der Waals surface area contributed by atoms with Crippen molar-refractivity contribution in [1.82, 2.24) is 19.9 Å². The smallest absolute Gasteiger partial charge is 0.319 e. The highest BCUT2D eigenvalue weighted by molar-refractivity contribution is 6.04. The van der Waals surface area contributed by atoms with E-state index in [9.17, 15) is 14.6 Å². The van der Waals surface area contributed by atoms with Crippen molar-refractivity contribution in [3.05, 3.63) is 41.5 Å². The van der Waals surface area contributed by atoms with Crippen molar-refractivity contribution in [2.24, 2.45) is 0 Å². The van der Waals surface area contributed by atoms with Gasteiger partial charge in [-0.15, -0.1) is 6.42 Å². The molecule has 2 N–H and O–H groups in total. The first-order valence-corrected chi connectivity index (χ1v) is 17.0. The summed E-state index contributed by atoms with van der Waals surface area (Å²) in [4.78, 5) is 17.6. The summed E-state index contributed by atoms with van der Waals surface area (Å²) in [5.41, 5.74) is -2.49. The van der Waals surface area contributed by atoms with E-state index in [1.165, 1.54) is 32.4 Å². The molecule has 0 amide bonds. The van der Waals surface area contributed by atoms with Gasteiger partial charge in [0.15, 0.2) is 12.6 Å². The van der Waals surface area contributed by atoms with E-state index < -0.39 is 35.1 Å². The molecule has 3 saturated heterocycles. The second kappa shape index (κ2) is 14.2. The Bertz CT molecular complexity index is 2050. The number of ether oxygens (including phenoxy) is 5. The number of aliphatic hydroxyl groups excluding tert-OH is 1. The summed E-state index contributed by atoms with van der Waals surface area (Å²) in [5.74, 6) is 1.05. The van der Waals surface area contributed by atoms with E-state index in [-0.39, 0.29) is 103 Å². The summed E-state index contributed by atoms with van der Waals surface area (Å²) >= 11 is 0. The number of fused-ring (bicyclic) bond motifs is 3. The summed E-state index contributed by atoms with van der Waals surface area (Å²) in [6, 6.07) is 5.62. The van der Waals surface area contributed by atoms with Crippen LogP contribution in [0.5, 0.6) is 17.6 Å². The standard InChI is InChI=1S/C37H40F3N5O7/c1-5-25-27(39)8-7-21-11-23(52-20-48-3)12-26(28(21)25)31-30(40)32-29(34(41-31)49-4)33(44-15-24(16-46)50-18-36(2,47)17-44)43-35(42-32)51-19-37-9-6-10-45(37)14-22(38)13-37/h1,7-8,11-12,22,24,46-47H,6,9-10,13-20H2,2-4H3/t22-,24-,36+,37+/m1/s1. The van der Waals surface area contributed by atoms with Crippen LogP contribution < -0.4 is 19.1 Å². The van der Waals surface area contributed by atoms with Crippen LogP contribution in [-0.4, -0.2) is 120 Å². The van der Waals surface area contributed by atoms with Crippen LogP contribution >= 0.6 is 0 Å². The van der Waals surface area contributed by atoms with Gasteiger partial charge in [0, 0.05) is 37.6 Å². The van der Waals surface area contributed by atoms with Gasteiger partial charge < -0.3 is 38.8 Å². The van der Waals surface area contributed by atoms with Crippen molar-refractivity contribution >= 4 is 27.5 Å². The van der Waals surface area contributed by atoms with Gasteiger partial charge >= 0.3 is 6.01 Å². The fraction of sp³-hybridized carbons (Fsp3) is 0.486. The summed E-state index contributed by atoms with van der Waals surface area (Å²) in [7, 11) is 2.80. The minimum absolute atomic E-state index is 0.0306. The quantitative estimate of drug-likeness (QED) is 0.181. The molecule has 2 aromatic carbocycles. The van der Waals surface area contributed by atoms with Crippen molar-refractivity contribution in [2.75, 3.05) is 71.9 Å². The third-order valence-electron chi connectivity index (χ3n) is 10.0. The molecule has 2 aromatic heterocycles. The normalized spacial score (nSPS) is 24.9. The molecular formula is C37H40F3N5O7. The Balaban J connectivity index is 1.46. The van der Waals surface area contributed by atoms with Gasteiger partial charge in [-0.05, 0) is 49.9 Å². The second-order valence-electron chi connectivity index (χ2n) is 13.9. The molecule has 276 valence electrons. The number of alkyl halides is 1. The summed E-state index contributed by atoms with van der Waals surface area (Å²) in [6.45, 7) is 2.13. The van der Waals surface area contributed by atoms with Crippen LogP contribution in [-0.2, 0) is 9.47 Å². The highest BCUT2D eigenvalue weighted by Crippen LogP contribution is 2.44. The number of halogens is 3. The van der Waals surface area contributed by atoms with Crippen molar-refractivity contribution < 1.29 is 47.1 Å². The average Bonchev–Trinajstić information content (AvgIpc) is 3.60. The lowest BCUT2D eigenvalue weighted by molar-refractivity contribution is -0.0528. The lowest BCUT2D eigenvalue weighted by Crippen LogP contribution is -2.44. The first kappa shape index (κ1) is 35.9. The molecule has 0 saturated carbocycles. The number of terminal acetylenes is 1. The molecule has 4 atom stereocenters. The van der Waals surface area contributed by atoms with Gasteiger partial charge in [0.1, 0.15) is 52.4 Å². The number of aromatic nitrogens is 3. The van der Waals surface area contributed by atoms with Gasteiger partial charge in [0.2, 0.25) is 5.88 Å². The van der Waals surface area contributed by atoms with Crippen LogP contribution in [0.3, 0.4) is 0 Å². The molecule has 0 spiro atoms. The number of benzene rings is 2. The van der Waals surface area contributed by atoms with Crippen molar-refractivity contribution in [2.45, 2.75) is 49.6 Å². The Kier molecular flexibility index (Phi) is 9.79. The average molecular weight is 724 g/mol. The molecule has 0 bridgehead atoms. The molecule has 0 unspecified atom stereocenters. The van der Waals surface area contributed by atoms with Gasteiger partial charge in [0.05, 0.1) is 44.1 Å². The largest absolute Gasteiger partial charge is 0.480 e.